The first kappa shape index (κ1) is 16.3. The zero-order valence-corrected chi connectivity index (χ0v) is 14.6. The number of nitrogens with zero attached hydrogens (tertiary/aromatic N) is 1. The van der Waals surface area contributed by atoms with E-state index in [9.17, 15) is 4.79 Å². The van der Waals surface area contributed by atoms with Gasteiger partial charge in [0.1, 0.15) is 0 Å². The van der Waals surface area contributed by atoms with Gasteiger partial charge in [0.25, 0.3) is 0 Å². The molecule has 3 N–H and O–H groups in total. The smallest absolute Gasteiger partial charge is 0.238 e. The fourth-order valence-electron chi connectivity index (χ4n) is 1.87. The number of benzene rings is 1. The minimum absolute atomic E-state index is 0.124. The summed E-state index contributed by atoms with van der Waals surface area (Å²) in [5.41, 5.74) is 8.01. The summed E-state index contributed by atoms with van der Waals surface area (Å²) in [5.74, 6) is -0.124. The first-order valence-electron chi connectivity index (χ1n) is 6.20. The summed E-state index contributed by atoms with van der Waals surface area (Å²) < 4.78 is 1.09. The predicted molar refractivity (Wildman–Crippen MR) is 92.8 cm³/mol. The van der Waals surface area contributed by atoms with Gasteiger partial charge in [-0.15, -0.1) is 11.3 Å². The molecule has 0 atom stereocenters. The van der Waals surface area contributed by atoms with Crippen LogP contribution >= 0.6 is 38.9 Å². The predicted octanol–water partition coefficient (Wildman–Crippen LogP) is 3.82. The maximum atomic E-state index is 12.0. The van der Waals surface area contributed by atoms with Crippen molar-refractivity contribution in [3.63, 3.8) is 0 Å². The number of thiophene rings is 1. The molecule has 0 unspecified atom stereocenters. The lowest BCUT2D eigenvalue weighted by Gasteiger charge is -2.16. The lowest BCUT2D eigenvalue weighted by atomic mass is 10.2. The molecular weight excluding hydrogens is 374 g/mol. The summed E-state index contributed by atoms with van der Waals surface area (Å²) >= 11 is 11.0. The van der Waals surface area contributed by atoms with Crippen LogP contribution in [0.5, 0.6) is 0 Å². The highest BCUT2D eigenvalue weighted by Gasteiger charge is 2.10. The molecule has 1 amide bonds. The van der Waals surface area contributed by atoms with Crippen molar-refractivity contribution in [1.82, 2.24) is 4.90 Å². The van der Waals surface area contributed by atoms with Gasteiger partial charge in [-0.3, -0.25) is 9.69 Å². The van der Waals surface area contributed by atoms with Gasteiger partial charge in [0, 0.05) is 11.6 Å². The molecule has 7 heteroatoms. The quantitative estimate of drug-likeness (QED) is 0.766. The highest BCUT2D eigenvalue weighted by atomic mass is 79.9. The number of carbonyl (C=O) groups excluding carboxylic acids is 1. The van der Waals surface area contributed by atoms with Gasteiger partial charge in [-0.2, -0.15) is 0 Å². The molecule has 4 nitrogen and oxygen atoms in total. The van der Waals surface area contributed by atoms with Crippen molar-refractivity contribution in [2.75, 3.05) is 24.6 Å². The molecule has 0 aliphatic rings. The summed E-state index contributed by atoms with van der Waals surface area (Å²) in [6.07, 6.45) is 0. The third kappa shape index (κ3) is 5.00. The first-order valence-corrected chi connectivity index (χ1v) is 8.25. The van der Waals surface area contributed by atoms with Gasteiger partial charge in [-0.25, -0.2) is 0 Å². The van der Waals surface area contributed by atoms with Gasteiger partial charge in [0.2, 0.25) is 5.91 Å². The molecule has 2 aromatic rings. The Morgan fingerprint density at radius 2 is 2.24 bits per heavy atom. The lowest BCUT2D eigenvalue weighted by molar-refractivity contribution is -0.117. The van der Waals surface area contributed by atoms with E-state index in [4.69, 9.17) is 17.3 Å². The summed E-state index contributed by atoms with van der Waals surface area (Å²) in [7, 11) is 1.90. The Labute approximate surface area is 141 Å². The van der Waals surface area contributed by atoms with Crippen LogP contribution in [0.1, 0.15) is 5.56 Å². The van der Waals surface area contributed by atoms with E-state index in [1.54, 1.807) is 29.5 Å². The molecule has 0 saturated carbocycles. The largest absolute Gasteiger partial charge is 0.397 e. The van der Waals surface area contributed by atoms with Crippen LogP contribution in [0.4, 0.5) is 11.4 Å². The molecule has 1 heterocycles. The standard InChI is InChI=1S/C14H15BrClN3OS/c1-19(6-9-4-13(15)21-8-9)7-14(20)18-12-5-10(16)2-3-11(12)17/h2-5,8H,6-7,17H2,1H3,(H,18,20). The van der Waals surface area contributed by atoms with E-state index in [1.807, 2.05) is 18.0 Å². The molecule has 0 saturated heterocycles. The zero-order chi connectivity index (χ0) is 15.4. The Morgan fingerprint density at radius 1 is 1.48 bits per heavy atom. The van der Waals surface area contributed by atoms with E-state index >= 15 is 0 Å². The highest BCUT2D eigenvalue weighted by molar-refractivity contribution is 9.11. The number of hydrogen-bond acceptors (Lipinski definition) is 4. The Balaban J connectivity index is 1.90. The van der Waals surface area contributed by atoms with Crippen LogP contribution in [0.25, 0.3) is 0 Å². The van der Waals surface area contributed by atoms with Crippen LogP contribution < -0.4 is 11.1 Å². The average Bonchev–Trinajstić information content (AvgIpc) is 2.79. The Bertz CT molecular complexity index is 647. The molecule has 112 valence electrons. The monoisotopic (exact) mass is 387 g/mol. The van der Waals surface area contributed by atoms with Crippen LogP contribution in [-0.4, -0.2) is 24.4 Å². The van der Waals surface area contributed by atoms with Gasteiger partial charge in [-0.1, -0.05) is 11.6 Å². The van der Waals surface area contributed by atoms with E-state index in [2.05, 4.69) is 26.6 Å². The summed E-state index contributed by atoms with van der Waals surface area (Å²) in [6.45, 7) is 0.986. The van der Waals surface area contributed by atoms with Gasteiger partial charge < -0.3 is 11.1 Å². The van der Waals surface area contributed by atoms with Gasteiger partial charge in [0.05, 0.1) is 21.7 Å². The molecule has 21 heavy (non-hydrogen) atoms. The molecule has 0 aliphatic carbocycles. The normalized spacial score (nSPS) is 10.9. The third-order valence-electron chi connectivity index (χ3n) is 2.78. The Kier molecular flexibility index (Phi) is 5.64. The van der Waals surface area contributed by atoms with Gasteiger partial charge >= 0.3 is 0 Å². The van der Waals surface area contributed by atoms with Crippen molar-refractivity contribution in [2.45, 2.75) is 6.54 Å². The van der Waals surface area contributed by atoms with Gasteiger partial charge in [-0.05, 0) is 58.2 Å². The van der Waals surface area contributed by atoms with E-state index in [0.29, 0.717) is 22.9 Å². The molecule has 0 aliphatic heterocycles. The van der Waals surface area contributed by atoms with Crippen molar-refractivity contribution in [3.05, 3.63) is 44.0 Å². The molecule has 2 rings (SSSR count). The SMILES string of the molecule is CN(CC(=O)Nc1cc(Cl)ccc1N)Cc1csc(Br)c1. The number of nitrogens with one attached hydrogen (secondary N) is 1. The van der Waals surface area contributed by atoms with Crippen LogP contribution in [-0.2, 0) is 11.3 Å². The average molecular weight is 389 g/mol. The van der Waals surface area contributed by atoms with Crippen LogP contribution in [0.3, 0.4) is 0 Å². The summed E-state index contributed by atoms with van der Waals surface area (Å²) in [5, 5.41) is 5.38. The van der Waals surface area contributed by atoms with Crippen molar-refractivity contribution in [2.24, 2.45) is 0 Å². The van der Waals surface area contributed by atoms with Crippen molar-refractivity contribution in [1.29, 1.82) is 0 Å². The van der Waals surface area contributed by atoms with Gasteiger partial charge in [0.15, 0.2) is 0 Å². The highest BCUT2D eigenvalue weighted by Crippen LogP contribution is 2.23. The molecule has 0 spiro atoms. The van der Waals surface area contributed by atoms with E-state index in [0.717, 1.165) is 3.79 Å². The molecule has 0 radical (unpaired) electrons. The minimum atomic E-state index is -0.124. The van der Waals surface area contributed by atoms with Crippen LogP contribution in [0, 0.1) is 0 Å². The molecular formula is C14H15BrClN3OS. The minimum Gasteiger partial charge on any atom is -0.397 e. The van der Waals surface area contributed by atoms with Crippen molar-refractivity contribution >= 4 is 56.1 Å². The number of hydrogen-bond donors (Lipinski definition) is 2. The number of nitrogens with two attached hydrogens (primary N) is 1. The number of carbonyl (C=O) groups is 1. The number of amides is 1. The number of nitrogen functional groups attached to an aromatic ring is 1. The second-order valence-electron chi connectivity index (χ2n) is 4.71. The molecule has 0 bridgehead atoms. The molecule has 1 aromatic carbocycles. The zero-order valence-electron chi connectivity index (χ0n) is 11.4. The fourth-order valence-corrected chi connectivity index (χ4v) is 3.24. The van der Waals surface area contributed by atoms with Crippen LogP contribution in [0.15, 0.2) is 33.4 Å². The number of rotatable bonds is 5. The summed E-state index contributed by atoms with van der Waals surface area (Å²) in [4.78, 5) is 14.0. The van der Waals surface area contributed by atoms with Crippen molar-refractivity contribution in [3.8, 4) is 0 Å². The Hall–Kier alpha value is -1.08. The van der Waals surface area contributed by atoms with Crippen LogP contribution in [0.2, 0.25) is 5.02 Å². The first-order chi connectivity index (χ1) is 9.94. The van der Waals surface area contributed by atoms with E-state index < -0.39 is 0 Å². The Morgan fingerprint density at radius 3 is 2.90 bits per heavy atom. The van der Waals surface area contributed by atoms with E-state index in [-0.39, 0.29) is 12.5 Å². The van der Waals surface area contributed by atoms with E-state index in [1.165, 1.54) is 5.56 Å². The lowest BCUT2D eigenvalue weighted by Crippen LogP contribution is -2.29. The topological polar surface area (TPSA) is 58.4 Å². The summed E-state index contributed by atoms with van der Waals surface area (Å²) in [6, 6.07) is 7.05. The second kappa shape index (κ2) is 7.26. The third-order valence-corrected chi connectivity index (χ3v) is 4.57. The number of likely N-dealkylation sites (N-methyl/N-ethyl adjacent to an activating group) is 1. The molecule has 0 fully saturated rings. The molecule has 1 aromatic heterocycles. The maximum Gasteiger partial charge on any atom is 0.238 e. The van der Waals surface area contributed by atoms with Crippen molar-refractivity contribution < 1.29 is 4.79 Å². The number of anilines is 2. The maximum absolute atomic E-state index is 12.0. The fraction of sp³-hybridized carbons (Fsp3) is 0.214. The second-order valence-corrected chi connectivity index (χ2v) is 7.44. The number of halogens is 2.